The number of H-pyrrole nitrogens is 1. The molecule has 0 saturated heterocycles. The molecule has 0 aliphatic carbocycles. The zero-order chi connectivity index (χ0) is 16.8. The Bertz CT molecular complexity index is 1100. The van der Waals surface area contributed by atoms with Crippen LogP contribution in [0.15, 0.2) is 46.9 Å². The first-order valence-corrected chi connectivity index (χ1v) is 8.40. The topological polar surface area (TPSA) is 62.7 Å². The Kier molecular flexibility index (Phi) is 3.58. The Morgan fingerprint density at radius 1 is 1.25 bits per heavy atom. The van der Waals surface area contributed by atoms with Gasteiger partial charge in [-0.25, -0.2) is 4.98 Å². The number of rotatable bonds is 2. The molecule has 0 radical (unpaired) electrons. The highest BCUT2D eigenvalue weighted by molar-refractivity contribution is 9.10. The highest BCUT2D eigenvalue weighted by Crippen LogP contribution is 2.24. The fraction of sp³-hybridized carbons (Fsp3) is 0.0588. The van der Waals surface area contributed by atoms with E-state index in [4.69, 9.17) is 11.6 Å². The largest absolute Gasteiger partial charge is 0.351 e. The number of aromatic amines is 1. The van der Waals surface area contributed by atoms with E-state index >= 15 is 0 Å². The van der Waals surface area contributed by atoms with Crippen LogP contribution in [0.2, 0.25) is 5.02 Å². The maximum Gasteiger partial charge on any atom is 0.274 e. The molecule has 120 valence electrons. The molecule has 2 N–H and O–H groups in total. The fourth-order valence-corrected chi connectivity index (χ4v) is 3.20. The first kappa shape index (κ1) is 15.2. The van der Waals surface area contributed by atoms with Crippen LogP contribution < -0.4 is 5.32 Å². The van der Waals surface area contributed by atoms with Crippen molar-refractivity contribution in [2.24, 2.45) is 7.05 Å². The number of anilines is 1. The minimum Gasteiger partial charge on any atom is -0.351 e. The summed E-state index contributed by atoms with van der Waals surface area (Å²) < 4.78 is 2.81. The van der Waals surface area contributed by atoms with Gasteiger partial charge < -0.3 is 9.55 Å². The molecule has 24 heavy (non-hydrogen) atoms. The van der Waals surface area contributed by atoms with Gasteiger partial charge in [-0.3, -0.25) is 10.1 Å². The Balaban J connectivity index is 1.69. The third-order valence-electron chi connectivity index (χ3n) is 3.90. The number of imidazole rings is 1. The summed E-state index contributed by atoms with van der Waals surface area (Å²) >= 11 is 9.43. The quantitative estimate of drug-likeness (QED) is 0.508. The van der Waals surface area contributed by atoms with Crippen molar-refractivity contribution in [3.05, 3.63) is 57.7 Å². The van der Waals surface area contributed by atoms with Crippen molar-refractivity contribution >= 4 is 61.3 Å². The van der Waals surface area contributed by atoms with Crippen molar-refractivity contribution in [2.75, 3.05) is 5.32 Å². The molecule has 1 amide bonds. The number of benzene rings is 2. The van der Waals surface area contributed by atoms with Gasteiger partial charge in [0.15, 0.2) is 0 Å². The van der Waals surface area contributed by atoms with Gasteiger partial charge in [0.1, 0.15) is 5.69 Å². The lowest BCUT2D eigenvalue weighted by Gasteiger charge is -2.03. The third kappa shape index (κ3) is 2.57. The molecule has 0 aliphatic heterocycles. The lowest BCUT2D eigenvalue weighted by molar-refractivity contribution is 0.102. The highest BCUT2D eigenvalue weighted by atomic mass is 79.9. The molecule has 5 nitrogen and oxygen atoms in total. The number of fused-ring (bicyclic) bond motifs is 2. The van der Waals surface area contributed by atoms with Crippen molar-refractivity contribution in [2.45, 2.75) is 0 Å². The maximum atomic E-state index is 12.5. The van der Waals surface area contributed by atoms with Gasteiger partial charge >= 0.3 is 0 Å². The van der Waals surface area contributed by atoms with Crippen LogP contribution in [0.3, 0.4) is 0 Å². The zero-order valence-electron chi connectivity index (χ0n) is 12.6. The predicted molar refractivity (Wildman–Crippen MR) is 99.7 cm³/mol. The molecular weight excluding hydrogens is 392 g/mol. The average molecular weight is 404 g/mol. The Labute approximate surface area is 150 Å². The van der Waals surface area contributed by atoms with Gasteiger partial charge in [0, 0.05) is 27.4 Å². The van der Waals surface area contributed by atoms with Gasteiger partial charge in [0.25, 0.3) is 5.91 Å². The van der Waals surface area contributed by atoms with Crippen LogP contribution in [0.1, 0.15) is 10.5 Å². The number of nitrogens with zero attached hydrogens (tertiary/aromatic N) is 2. The summed E-state index contributed by atoms with van der Waals surface area (Å²) in [5, 5.41) is 4.37. The molecule has 0 fully saturated rings. The van der Waals surface area contributed by atoms with E-state index in [9.17, 15) is 4.79 Å². The summed E-state index contributed by atoms with van der Waals surface area (Å²) in [5.74, 6) is 0.240. The summed E-state index contributed by atoms with van der Waals surface area (Å²) in [7, 11) is 1.86. The zero-order valence-corrected chi connectivity index (χ0v) is 14.9. The monoisotopic (exact) mass is 402 g/mol. The average Bonchev–Trinajstić information content (AvgIpc) is 3.09. The number of aryl methyl sites for hydroxylation is 1. The molecule has 0 unspecified atom stereocenters. The normalized spacial score (nSPS) is 11.3. The molecule has 0 saturated carbocycles. The number of nitrogens with one attached hydrogen (secondary N) is 2. The van der Waals surface area contributed by atoms with Gasteiger partial charge in [-0.15, -0.1) is 0 Å². The van der Waals surface area contributed by atoms with Crippen molar-refractivity contribution in [1.29, 1.82) is 0 Å². The van der Waals surface area contributed by atoms with Crippen LogP contribution in [0, 0.1) is 0 Å². The second kappa shape index (κ2) is 5.65. The van der Waals surface area contributed by atoms with E-state index in [1.54, 1.807) is 12.1 Å². The number of hydrogen-bond acceptors (Lipinski definition) is 2. The van der Waals surface area contributed by atoms with Crippen molar-refractivity contribution in [1.82, 2.24) is 14.5 Å². The Morgan fingerprint density at radius 2 is 2.08 bits per heavy atom. The summed E-state index contributed by atoms with van der Waals surface area (Å²) in [6.45, 7) is 0. The molecule has 0 atom stereocenters. The van der Waals surface area contributed by atoms with Gasteiger partial charge in [-0.05, 0) is 42.5 Å². The Morgan fingerprint density at radius 3 is 2.92 bits per heavy atom. The Hall–Kier alpha value is -2.31. The van der Waals surface area contributed by atoms with E-state index in [2.05, 4.69) is 31.2 Å². The van der Waals surface area contributed by atoms with E-state index in [1.165, 1.54) is 0 Å². The third-order valence-corrected chi connectivity index (χ3v) is 4.62. The molecule has 2 aromatic heterocycles. The molecule has 0 aliphatic rings. The number of aromatic nitrogens is 3. The van der Waals surface area contributed by atoms with Gasteiger partial charge in [-0.2, -0.15) is 0 Å². The molecule has 4 rings (SSSR count). The van der Waals surface area contributed by atoms with E-state index in [1.807, 2.05) is 41.9 Å². The predicted octanol–water partition coefficient (Wildman–Crippen LogP) is 4.72. The molecule has 4 aromatic rings. The highest BCUT2D eigenvalue weighted by Gasteiger charge is 2.14. The van der Waals surface area contributed by atoms with Gasteiger partial charge in [0.2, 0.25) is 5.95 Å². The lowest BCUT2D eigenvalue weighted by Crippen LogP contribution is -2.15. The van der Waals surface area contributed by atoms with Crippen LogP contribution in [0.25, 0.3) is 21.9 Å². The van der Waals surface area contributed by atoms with Crippen molar-refractivity contribution in [3.8, 4) is 0 Å². The maximum absolute atomic E-state index is 12.5. The number of amides is 1. The molecule has 2 aromatic carbocycles. The molecule has 0 spiro atoms. The molecular formula is C17H12BrClN4O. The van der Waals surface area contributed by atoms with Crippen LogP contribution in [-0.4, -0.2) is 20.4 Å². The van der Waals surface area contributed by atoms with E-state index in [0.29, 0.717) is 16.7 Å². The first-order valence-electron chi connectivity index (χ1n) is 7.23. The van der Waals surface area contributed by atoms with E-state index in [0.717, 1.165) is 26.4 Å². The standard InChI is InChI=1S/C17H12BrClN4O/c1-23-15-8-10(18)2-4-13(15)21-17(23)22-16(24)14-7-9-6-11(19)3-5-12(9)20-14/h2-8,20H,1H3,(H,21,22,24). The smallest absolute Gasteiger partial charge is 0.274 e. The first-order chi connectivity index (χ1) is 11.5. The van der Waals surface area contributed by atoms with Crippen LogP contribution >= 0.6 is 27.5 Å². The molecule has 7 heteroatoms. The van der Waals surface area contributed by atoms with E-state index in [-0.39, 0.29) is 5.91 Å². The van der Waals surface area contributed by atoms with Gasteiger partial charge in [-0.1, -0.05) is 27.5 Å². The van der Waals surface area contributed by atoms with Crippen LogP contribution in [0.5, 0.6) is 0 Å². The SMILES string of the molecule is Cn1c(NC(=O)c2cc3cc(Cl)ccc3[nH]2)nc2ccc(Br)cc21. The summed E-state index contributed by atoms with van der Waals surface area (Å²) in [6.07, 6.45) is 0. The van der Waals surface area contributed by atoms with Crippen LogP contribution in [-0.2, 0) is 7.05 Å². The second-order valence-electron chi connectivity index (χ2n) is 5.50. The van der Waals surface area contributed by atoms with E-state index < -0.39 is 0 Å². The van der Waals surface area contributed by atoms with Gasteiger partial charge in [0.05, 0.1) is 11.0 Å². The minimum atomic E-state index is -0.250. The minimum absolute atomic E-state index is 0.250. The number of hydrogen-bond donors (Lipinski definition) is 2. The number of halogens is 2. The molecule has 0 bridgehead atoms. The van der Waals surface area contributed by atoms with Crippen molar-refractivity contribution in [3.63, 3.8) is 0 Å². The van der Waals surface area contributed by atoms with Crippen molar-refractivity contribution < 1.29 is 4.79 Å². The summed E-state index contributed by atoms with van der Waals surface area (Å²) in [4.78, 5) is 20.1. The summed E-state index contributed by atoms with van der Waals surface area (Å²) in [5.41, 5.74) is 3.07. The molecule has 2 heterocycles. The second-order valence-corrected chi connectivity index (χ2v) is 6.85. The number of carbonyl (C=O) groups is 1. The van der Waals surface area contributed by atoms with Crippen LogP contribution in [0.4, 0.5) is 5.95 Å². The lowest BCUT2D eigenvalue weighted by atomic mass is 10.2. The summed E-state index contributed by atoms with van der Waals surface area (Å²) in [6, 6.07) is 13.0. The fourth-order valence-electron chi connectivity index (χ4n) is 2.67. The number of carbonyl (C=O) groups excluding carboxylic acids is 1.